The van der Waals surface area contributed by atoms with E-state index in [1.54, 1.807) is 6.07 Å². The number of halogens is 2. The van der Waals surface area contributed by atoms with Crippen LogP contribution in [-0.4, -0.2) is 9.52 Å². The van der Waals surface area contributed by atoms with Gasteiger partial charge in [0.2, 0.25) is 0 Å². The Labute approximate surface area is 255 Å². The number of aryl methyl sites for hydroxylation is 1. The fraction of sp³-hybridized carbons (Fsp3) is 0.0625. The van der Waals surface area contributed by atoms with Crippen molar-refractivity contribution in [1.29, 1.82) is 0 Å². The molecule has 1 N–H and O–H groups in total. The molecule has 0 aromatic heterocycles. The van der Waals surface area contributed by atoms with Crippen molar-refractivity contribution in [3.05, 3.63) is 156 Å². The molecule has 0 spiro atoms. The molecule has 2 radical (unpaired) electrons. The molecule has 0 aliphatic heterocycles. The summed E-state index contributed by atoms with van der Waals surface area (Å²) < 4.78 is 0. The number of fused-ring (bicyclic) bond motifs is 3. The number of nitrogens with one attached hydrogen (secondary N) is 1. The first-order valence-corrected chi connectivity index (χ1v) is 12.4. The number of benzene rings is 5. The first-order chi connectivity index (χ1) is 16.7. The quantitative estimate of drug-likeness (QED) is 0.191. The monoisotopic (exact) mass is 703 g/mol. The van der Waals surface area contributed by atoms with Gasteiger partial charge < -0.3 is 30.5 Å². The molecule has 0 fully saturated rings. The van der Waals surface area contributed by atoms with Crippen LogP contribution in [0.3, 0.4) is 0 Å². The van der Waals surface area contributed by atoms with Gasteiger partial charge >= 0.3 is 25.8 Å². The van der Waals surface area contributed by atoms with Crippen LogP contribution in [0.4, 0.5) is 5.69 Å². The van der Waals surface area contributed by atoms with E-state index in [4.69, 9.17) is 5.73 Å². The molecule has 5 heteroatoms. The molecular weight excluding hydrogens is 676 g/mol. The summed E-state index contributed by atoms with van der Waals surface area (Å²) in [6.45, 7) is 1.93. The van der Waals surface area contributed by atoms with E-state index in [0.717, 1.165) is 21.5 Å². The van der Waals surface area contributed by atoms with Gasteiger partial charge in [0.25, 0.3) is 0 Å². The fourth-order valence-electron chi connectivity index (χ4n) is 3.78. The molecule has 1 nitrogen and oxygen atoms in total. The van der Waals surface area contributed by atoms with Gasteiger partial charge in [-0.25, -0.2) is 0 Å². The van der Waals surface area contributed by atoms with Gasteiger partial charge in [0.1, 0.15) is 9.52 Å². The fourth-order valence-corrected chi connectivity index (χ4v) is 4.83. The first-order valence-electron chi connectivity index (χ1n) is 11.4. The molecule has 0 saturated carbocycles. The second kappa shape index (κ2) is 17.1. The summed E-state index contributed by atoms with van der Waals surface area (Å²) in [5.74, 6) is 0. The van der Waals surface area contributed by atoms with E-state index in [1.807, 2.05) is 31.2 Å². The Morgan fingerprint density at radius 1 is 0.622 bits per heavy atom. The molecule has 6 rings (SSSR count). The van der Waals surface area contributed by atoms with Crippen LogP contribution < -0.4 is 35.2 Å². The number of hydrogen-bond donors (Lipinski definition) is 0. The minimum Gasteiger partial charge on any atom is -1.00 e. The van der Waals surface area contributed by atoms with E-state index < -0.39 is 0 Å². The van der Waals surface area contributed by atoms with Crippen molar-refractivity contribution in [2.45, 2.75) is 13.3 Å². The van der Waals surface area contributed by atoms with E-state index in [1.165, 1.54) is 32.6 Å². The molecule has 1 aliphatic rings. The number of rotatable bonds is 2. The third kappa shape index (κ3) is 9.75. The van der Waals surface area contributed by atoms with Crippen molar-refractivity contribution in [1.82, 2.24) is 0 Å². The van der Waals surface area contributed by atoms with Crippen LogP contribution in [0.2, 0.25) is 0 Å². The number of hydrogen-bond acceptors (Lipinski definition) is 0. The van der Waals surface area contributed by atoms with Gasteiger partial charge in [0.05, 0.1) is 0 Å². The molecule has 37 heavy (non-hydrogen) atoms. The van der Waals surface area contributed by atoms with Crippen molar-refractivity contribution in [2.24, 2.45) is 0 Å². The van der Waals surface area contributed by atoms with Gasteiger partial charge in [-0.2, -0.15) is 29.8 Å². The van der Waals surface area contributed by atoms with E-state index in [9.17, 15) is 0 Å². The summed E-state index contributed by atoms with van der Waals surface area (Å²) in [6.07, 6.45) is 1.05. The maximum absolute atomic E-state index is 7.22. The summed E-state index contributed by atoms with van der Waals surface area (Å²) in [5, 5.41) is 2.79. The van der Waals surface area contributed by atoms with Crippen molar-refractivity contribution in [3.8, 4) is 11.1 Å². The smallest absolute Gasteiger partial charge is 1.00 e. The second-order valence-corrected chi connectivity index (χ2v) is 9.47. The average Bonchev–Trinajstić information content (AvgIpc) is 3.27. The average molecular weight is 703 g/mol. The third-order valence-corrected chi connectivity index (χ3v) is 6.84. The largest absolute Gasteiger partial charge is 4.00 e. The zero-order valence-corrected chi connectivity index (χ0v) is 26.7. The maximum atomic E-state index is 7.22. The van der Waals surface area contributed by atoms with Crippen molar-refractivity contribution < 1.29 is 50.7 Å². The van der Waals surface area contributed by atoms with Gasteiger partial charge in [-0.3, -0.25) is 0 Å². The van der Waals surface area contributed by atoms with Gasteiger partial charge in [0, 0.05) is 0 Å². The summed E-state index contributed by atoms with van der Waals surface area (Å²) in [4.78, 5) is 0. The minimum absolute atomic E-state index is 0. The van der Waals surface area contributed by atoms with E-state index in [0.29, 0.717) is 5.69 Å². The Morgan fingerprint density at radius 2 is 1.14 bits per heavy atom. The predicted molar refractivity (Wildman–Crippen MR) is 147 cm³/mol. The molecule has 0 amide bonds. The Bertz CT molecular complexity index is 1230. The van der Waals surface area contributed by atoms with Crippen LogP contribution in [0.15, 0.2) is 127 Å². The Morgan fingerprint density at radius 3 is 1.70 bits per heavy atom. The molecule has 1 aliphatic carbocycles. The standard InChI is InChI=1S/C13H9.C12H10Si.C7H8N.2ClH.Hf/c1-3-7-12-10(5-1)9-11-6-2-4-8-13(11)12;1-3-7-11(8-4-1)13-12-9-5-2-6-10-12;1-6-4-2-3-5-7(6)8;;;/h1-5,7-8H,9H2;1-10H;2-5,8H,1H3;2*1H;/q-1;;-1;;;+4/p-2. The summed E-state index contributed by atoms with van der Waals surface area (Å²) in [6, 6.07) is 46.8. The van der Waals surface area contributed by atoms with E-state index >= 15 is 0 Å². The van der Waals surface area contributed by atoms with Crippen molar-refractivity contribution in [2.75, 3.05) is 0 Å². The van der Waals surface area contributed by atoms with E-state index in [-0.39, 0.29) is 50.7 Å². The van der Waals surface area contributed by atoms with Crippen LogP contribution in [0.25, 0.3) is 16.9 Å². The molecule has 0 saturated heterocycles. The molecule has 182 valence electrons. The van der Waals surface area contributed by atoms with Crippen molar-refractivity contribution in [3.63, 3.8) is 0 Å². The third-order valence-electron chi connectivity index (χ3n) is 5.60. The van der Waals surface area contributed by atoms with Gasteiger partial charge in [-0.05, 0) is 13.3 Å². The zero-order chi connectivity index (χ0) is 23.6. The maximum Gasteiger partial charge on any atom is 4.00 e. The molecule has 0 atom stereocenters. The summed E-state index contributed by atoms with van der Waals surface area (Å²) in [7, 11) is 0.777. The van der Waals surface area contributed by atoms with Crippen LogP contribution in [0.5, 0.6) is 0 Å². The molecule has 0 bridgehead atoms. The van der Waals surface area contributed by atoms with Crippen LogP contribution in [-0.2, 0) is 32.3 Å². The van der Waals surface area contributed by atoms with Crippen LogP contribution in [0.1, 0.15) is 16.7 Å². The Hall–Kier alpha value is -2.43. The summed E-state index contributed by atoms with van der Waals surface area (Å²) in [5.41, 5.74) is 14.4. The Balaban J connectivity index is 0.000000275. The first kappa shape index (κ1) is 32.6. The molecule has 0 unspecified atom stereocenters. The molecule has 0 heterocycles. The molecule has 5 aromatic carbocycles. The normalized spacial score (nSPS) is 9.76. The zero-order valence-electron chi connectivity index (χ0n) is 20.6. The predicted octanol–water partition coefficient (Wildman–Crippen LogP) is 1.08. The van der Waals surface area contributed by atoms with Gasteiger partial charge in [-0.15, -0.1) is 11.3 Å². The SMILES string of the molecule is Cc1ccccc1[NH-].[Cl-].[Cl-].[Hf+4].[c-]1cccc2c1Cc1ccccc1-2.c1ccc([Si]c2ccccc2)cc1. The Kier molecular flexibility index (Phi) is 15.1. The van der Waals surface area contributed by atoms with E-state index in [2.05, 4.69) is 103 Å². The molecule has 5 aromatic rings. The van der Waals surface area contributed by atoms with Crippen LogP contribution in [0, 0.1) is 13.0 Å². The minimum atomic E-state index is 0. The topological polar surface area (TPSA) is 23.8 Å². The van der Waals surface area contributed by atoms with Gasteiger partial charge in [-0.1, -0.05) is 136 Å². The molecular formula is C32H27Cl2HfNSi. The second-order valence-electron chi connectivity index (χ2n) is 8.07. The van der Waals surface area contributed by atoms with Gasteiger partial charge in [0.15, 0.2) is 0 Å². The summed E-state index contributed by atoms with van der Waals surface area (Å²) >= 11 is 0. The van der Waals surface area contributed by atoms with Crippen molar-refractivity contribution >= 4 is 25.6 Å². The van der Waals surface area contributed by atoms with Crippen LogP contribution >= 0.6 is 0 Å².